The summed E-state index contributed by atoms with van der Waals surface area (Å²) in [5.74, 6) is 0.820. The van der Waals surface area contributed by atoms with Gasteiger partial charge in [0.25, 0.3) is 5.91 Å². The van der Waals surface area contributed by atoms with Crippen LogP contribution in [0.25, 0.3) is 0 Å². The summed E-state index contributed by atoms with van der Waals surface area (Å²) in [4.78, 5) is 14.2. The highest BCUT2D eigenvalue weighted by molar-refractivity contribution is 5.94. The minimum atomic E-state index is 0.0449. The molecular weight excluding hydrogens is 224 g/mol. The van der Waals surface area contributed by atoms with E-state index in [9.17, 15) is 4.79 Å². The van der Waals surface area contributed by atoms with Crippen molar-refractivity contribution in [1.82, 2.24) is 10.2 Å². The van der Waals surface area contributed by atoms with Crippen molar-refractivity contribution >= 4 is 5.91 Å². The Morgan fingerprint density at radius 2 is 1.94 bits per heavy atom. The van der Waals surface area contributed by atoms with Crippen LogP contribution in [0.15, 0.2) is 30.3 Å². The van der Waals surface area contributed by atoms with Crippen molar-refractivity contribution in [3.63, 3.8) is 0 Å². The second kappa shape index (κ2) is 6.55. The molecule has 0 unspecified atom stereocenters. The molecule has 1 aromatic carbocycles. The molecule has 98 valence electrons. The van der Waals surface area contributed by atoms with E-state index in [-0.39, 0.29) is 5.91 Å². The van der Waals surface area contributed by atoms with Crippen LogP contribution >= 0.6 is 0 Å². The number of nitrogens with one attached hydrogen (secondary N) is 1. The van der Waals surface area contributed by atoms with E-state index in [1.165, 1.54) is 25.9 Å². The summed E-state index contributed by atoms with van der Waals surface area (Å²) in [5.41, 5.74) is 0.751. The van der Waals surface area contributed by atoms with Gasteiger partial charge in [-0.3, -0.25) is 4.79 Å². The summed E-state index contributed by atoms with van der Waals surface area (Å²) in [5, 5.41) is 3.00. The number of amides is 1. The summed E-state index contributed by atoms with van der Waals surface area (Å²) < 4.78 is 0. The summed E-state index contributed by atoms with van der Waals surface area (Å²) in [6, 6.07) is 9.42. The second-order valence-electron chi connectivity index (χ2n) is 5.16. The molecule has 1 fully saturated rings. The van der Waals surface area contributed by atoms with Gasteiger partial charge in [-0.15, -0.1) is 0 Å². The number of benzene rings is 1. The van der Waals surface area contributed by atoms with Gasteiger partial charge in [0.05, 0.1) is 0 Å². The van der Waals surface area contributed by atoms with Gasteiger partial charge in [-0.25, -0.2) is 0 Å². The van der Waals surface area contributed by atoms with E-state index in [1.807, 2.05) is 30.3 Å². The first kappa shape index (κ1) is 13.1. The number of hydrogen-bond donors (Lipinski definition) is 1. The van der Waals surface area contributed by atoms with Crippen LogP contribution in [0.3, 0.4) is 0 Å². The summed E-state index contributed by atoms with van der Waals surface area (Å²) in [6.45, 7) is 3.18. The lowest BCUT2D eigenvalue weighted by Crippen LogP contribution is -2.32. The fourth-order valence-corrected chi connectivity index (χ4v) is 2.43. The van der Waals surface area contributed by atoms with Crippen molar-refractivity contribution < 1.29 is 4.79 Å². The van der Waals surface area contributed by atoms with E-state index in [4.69, 9.17) is 0 Å². The Bertz CT molecular complexity index is 369. The van der Waals surface area contributed by atoms with Crippen LogP contribution in [0, 0.1) is 5.92 Å². The SMILES string of the molecule is CN1CCC(CCNC(=O)c2ccccc2)CC1. The number of carbonyl (C=O) groups excluding carboxylic acids is 1. The molecule has 1 saturated heterocycles. The number of hydrogen-bond acceptors (Lipinski definition) is 2. The number of piperidine rings is 1. The van der Waals surface area contributed by atoms with E-state index in [2.05, 4.69) is 17.3 Å². The van der Waals surface area contributed by atoms with E-state index in [0.29, 0.717) is 0 Å². The van der Waals surface area contributed by atoms with Crippen LogP contribution in [0.5, 0.6) is 0 Å². The van der Waals surface area contributed by atoms with Crippen molar-refractivity contribution in [1.29, 1.82) is 0 Å². The molecule has 0 spiro atoms. The van der Waals surface area contributed by atoms with Gasteiger partial charge in [-0.05, 0) is 57.5 Å². The topological polar surface area (TPSA) is 32.3 Å². The van der Waals surface area contributed by atoms with Crippen molar-refractivity contribution in [3.05, 3.63) is 35.9 Å². The number of likely N-dealkylation sites (tertiary alicyclic amines) is 1. The molecule has 0 aliphatic carbocycles. The minimum absolute atomic E-state index is 0.0449. The molecule has 1 aliphatic rings. The smallest absolute Gasteiger partial charge is 0.251 e. The lowest BCUT2D eigenvalue weighted by molar-refractivity contribution is 0.0949. The lowest BCUT2D eigenvalue weighted by atomic mass is 9.94. The van der Waals surface area contributed by atoms with Gasteiger partial charge < -0.3 is 10.2 Å². The largest absolute Gasteiger partial charge is 0.352 e. The normalized spacial score (nSPS) is 17.6. The molecule has 0 radical (unpaired) electrons. The second-order valence-corrected chi connectivity index (χ2v) is 5.16. The van der Waals surface area contributed by atoms with Gasteiger partial charge in [0.15, 0.2) is 0 Å². The molecule has 0 bridgehead atoms. The fourth-order valence-electron chi connectivity index (χ4n) is 2.43. The molecule has 1 heterocycles. The van der Waals surface area contributed by atoms with E-state index < -0.39 is 0 Å². The Labute approximate surface area is 109 Å². The molecule has 18 heavy (non-hydrogen) atoms. The van der Waals surface area contributed by atoms with Gasteiger partial charge in [0, 0.05) is 12.1 Å². The van der Waals surface area contributed by atoms with Crippen molar-refractivity contribution in [2.45, 2.75) is 19.3 Å². The third-order valence-corrected chi connectivity index (χ3v) is 3.71. The first-order valence-corrected chi connectivity index (χ1v) is 6.77. The zero-order chi connectivity index (χ0) is 12.8. The lowest BCUT2D eigenvalue weighted by Gasteiger charge is -2.28. The van der Waals surface area contributed by atoms with Crippen LogP contribution in [0.2, 0.25) is 0 Å². The highest BCUT2D eigenvalue weighted by Gasteiger charge is 2.16. The molecular formula is C15H22N2O. The van der Waals surface area contributed by atoms with Crippen LogP contribution in [-0.2, 0) is 0 Å². The zero-order valence-electron chi connectivity index (χ0n) is 11.1. The van der Waals surface area contributed by atoms with Crippen molar-refractivity contribution in [2.24, 2.45) is 5.92 Å². The van der Waals surface area contributed by atoms with E-state index in [0.717, 1.165) is 24.4 Å². The Kier molecular flexibility index (Phi) is 4.76. The molecule has 0 saturated carbocycles. The fraction of sp³-hybridized carbons (Fsp3) is 0.533. The van der Waals surface area contributed by atoms with E-state index in [1.54, 1.807) is 0 Å². The predicted molar refractivity (Wildman–Crippen MR) is 73.6 cm³/mol. The Morgan fingerprint density at radius 1 is 1.28 bits per heavy atom. The third kappa shape index (κ3) is 3.84. The maximum absolute atomic E-state index is 11.8. The Balaban J connectivity index is 1.68. The number of nitrogens with zero attached hydrogens (tertiary/aromatic N) is 1. The molecule has 1 aliphatic heterocycles. The van der Waals surface area contributed by atoms with Crippen LogP contribution in [-0.4, -0.2) is 37.5 Å². The number of carbonyl (C=O) groups is 1. The third-order valence-electron chi connectivity index (χ3n) is 3.71. The number of rotatable bonds is 4. The Morgan fingerprint density at radius 3 is 2.61 bits per heavy atom. The van der Waals surface area contributed by atoms with Crippen LogP contribution < -0.4 is 5.32 Å². The first-order valence-electron chi connectivity index (χ1n) is 6.77. The summed E-state index contributed by atoms with van der Waals surface area (Å²) in [7, 11) is 2.17. The van der Waals surface area contributed by atoms with Gasteiger partial charge in [0.1, 0.15) is 0 Å². The van der Waals surface area contributed by atoms with Gasteiger partial charge in [-0.1, -0.05) is 18.2 Å². The van der Waals surface area contributed by atoms with Gasteiger partial charge >= 0.3 is 0 Å². The molecule has 1 aromatic rings. The average molecular weight is 246 g/mol. The van der Waals surface area contributed by atoms with Crippen LogP contribution in [0.1, 0.15) is 29.6 Å². The average Bonchev–Trinajstić information content (AvgIpc) is 2.42. The Hall–Kier alpha value is -1.35. The highest BCUT2D eigenvalue weighted by Crippen LogP contribution is 2.18. The molecule has 1 N–H and O–H groups in total. The molecule has 2 rings (SSSR count). The standard InChI is InChI=1S/C15H22N2O/c1-17-11-8-13(9-12-17)7-10-16-15(18)14-5-3-2-4-6-14/h2-6,13H,7-12H2,1H3,(H,16,18). The maximum atomic E-state index is 11.8. The summed E-state index contributed by atoms with van der Waals surface area (Å²) >= 11 is 0. The predicted octanol–water partition coefficient (Wildman–Crippen LogP) is 2.15. The zero-order valence-corrected chi connectivity index (χ0v) is 11.1. The first-order chi connectivity index (χ1) is 8.75. The molecule has 1 amide bonds. The van der Waals surface area contributed by atoms with Gasteiger partial charge in [0.2, 0.25) is 0 Å². The molecule has 3 heteroatoms. The van der Waals surface area contributed by atoms with Crippen molar-refractivity contribution in [3.8, 4) is 0 Å². The molecule has 0 aromatic heterocycles. The van der Waals surface area contributed by atoms with Crippen LogP contribution in [0.4, 0.5) is 0 Å². The quantitative estimate of drug-likeness (QED) is 0.883. The summed E-state index contributed by atoms with van der Waals surface area (Å²) in [6.07, 6.45) is 3.63. The molecule has 0 atom stereocenters. The molecule has 3 nitrogen and oxygen atoms in total. The van der Waals surface area contributed by atoms with Crippen molar-refractivity contribution in [2.75, 3.05) is 26.7 Å². The monoisotopic (exact) mass is 246 g/mol. The van der Waals surface area contributed by atoms with Gasteiger partial charge in [-0.2, -0.15) is 0 Å². The maximum Gasteiger partial charge on any atom is 0.251 e. The highest BCUT2D eigenvalue weighted by atomic mass is 16.1. The van der Waals surface area contributed by atoms with E-state index >= 15 is 0 Å². The minimum Gasteiger partial charge on any atom is -0.352 e.